The van der Waals surface area contributed by atoms with Gasteiger partial charge in [0.1, 0.15) is 17.3 Å². The van der Waals surface area contributed by atoms with Gasteiger partial charge in [-0.3, -0.25) is 4.79 Å². The van der Waals surface area contributed by atoms with Crippen LogP contribution in [0.4, 0.5) is 14.5 Å². The van der Waals surface area contributed by atoms with Crippen LogP contribution in [0.15, 0.2) is 18.2 Å². The van der Waals surface area contributed by atoms with E-state index in [4.69, 9.17) is 9.47 Å². The second kappa shape index (κ2) is 7.28. The van der Waals surface area contributed by atoms with Crippen LogP contribution in [0.5, 0.6) is 0 Å². The van der Waals surface area contributed by atoms with Gasteiger partial charge >= 0.3 is 0 Å². The summed E-state index contributed by atoms with van der Waals surface area (Å²) in [4.78, 5) is 11.6. The number of carbonyl (C=O) groups excluding carboxylic acids is 1. The van der Waals surface area contributed by atoms with Crippen molar-refractivity contribution < 1.29 is 23.0 Å². The number of anilines is 1. The summed E-state index contributed by atoms with van der Waals surface area (Å²) in [5.41, 5.74) is -0.434. The van der Waals surface area contributed by atoms with E-state index in [9.17, 15) is 13.6 Å². The maximum absolute atomic E-state index is 13.3. The first kappa shape index (κ1) is 14.8. The molecule has 1 aliphatic heterocycles. The van der Waals surface area contributed by atoms with Gasteiger partial charge in [0, 0.05) is 6.54 Å². The van der Waals surface area contributed by atoms with Crippen LogP contribution in [-0.4, -0.2) is 44.9 Å². The highest BCUT2D eigenvalue weighted by Crippen LogP contribution is 2.17. The van der Waals surface area contributed by atoms with Gasteiger partial charge in [-0.15, -0.1) is 0 Å². The molecule has 0 bridgehead atoms. The third-order valence-electron chi connectivity index (χ3n) is 2.77. The Labute approximate surface area is 115 Å². The van der Waals surface area contributed by atoms with E-state index in [2.05, 4.69) is 10.6 Å². The van der Waals surface area contributed by atoms with Gasteiger partial charge in [-0.05, 0) is 12.1 Å². The number of rotatable bonds is 5. The molecule has 1 aliphatic rings. The molecule has 0 saturated carbocycles. The molecule has 0 spiro atoms. The molecular formula is C13H16F2N2O3. The van der Waals surface area contributed by atoms with Crippen LogP contribution in [0, 0.1) is 11.6 Å². The molecule has 20 heavy (non-hydrogen) atoms. The zero-order valence-electron chi connectivity index (χ0n) is 10.8. The highest BCUT2D eigenvalue weighted by atomic mass is 19.1. The van der Waals surface area contributed by atoms with Crippen molar-refractivity contribution in [1.82, 2.24) is 5.32 Å². The Bertz CT molecular complexity index is 445. The topological polar surface area (TPSA) is 59.6 Å². The molecule has 0 aromatic heterocycles. The van der Waals surface area contributed by atoms with Gasteiger partial charge in [-0.25, -0.2) is 8.78 Å². The van der Waals surface area contributed by atoms with E-state index < -0.39 is 23.2 Å². The molecule has 2 rings (SSSR count). The van der Waals surface area contributed by atoms with Gasteiger partial charge in [0.2, 0.25) is 5.91 Å². The standard InChI is InChI=1S/C13H16F2N2O3/c14-10-2-1-3-11(15)13(10)17-12(18)7-16-6-9-8-19-4-5-20-9/h1-3,9,16H,4-8H2,(H,17,18). The number of hydrogen-bond acceptors (Lipinski definition) is 4. The SMILES string of the molecule is O=C(CNCC1COCCO1)Nc1c(F)cccc1F. The van der Waals surface area contributed by atoms with Gasteiger partial charge < -0.3 is 20.1 Å². The van der Waals surface area contributed by atoms with E-state index >= 15 is 0 Å². The number of halogens is 2. The molecule has 1 aromatic carbocycles. The Morgan fingerprint density at radius 1 is 1.30 bits per heavy atom. The van der Waals surface area contributed by atoms with Gasteiger partial charge in [-0.2, -0.15) is 0 Å². The first-order chi connectivity index (χ1) is 9.66. The molecule has 110 valence electrons. The summed E-state index contributed by atoms with van der Waals surface area (Å²) in [6.07, 6.45) is -0.109. The molecule has 2 N–H and O–H groups in total. The van der Waals surface area contributed by atoms with Crippen molar-refractivity contribution in [3.8, 4) is 0 Å². The summed E-state index contributed by atoms with van der Waals surface area (Å²) in [5, 5.41) is 5.04. The largest absolute Gasteiger partial charge is 0.376 e. The van der Waals surface area contributed by atoms with Crippen LogP contribution in [0.1, 0.15) is 0 Å². The van der Waals surface area contributed by atoms with E-state index in [-0.39, 0.29) is 12.6 Å². The molecule has 0 radical (unpaired) electrons. The molecular weight excluding hydrogens is 270 g/mol. The minimum atomic E-state index is -0.803. The number of hydrogen-bond donors (Lipinski definition) is 2. The molecule has 1 aromatic rings. The third kappa shape index (κ3) is 4.22. The molecule has 1 fully saturated rings. The van der Waals surface area contributed by atoms with Crippen molar-refractivity contribution in [2.24, 2.45) is 0 Å². The smallest absolute Gasteiger partial charge is 0.238 e. The highest BCUT2D eigenvalue weighted by Gasteiger charge is 2.15. The second-order valence-electron chi connectivity index (χ2n) is 4.34. The average Bonchev–Trinajstić information content (AvgIpc) is 2.44. The minimum absolute atomic E-state index is 0.0619. The maximum Gasteiger partial charge on any atom is 0.238 e. The number of para-hydroxylation sites is 1. The first-order valence-electron chi connectivity index (χ1n) is 6.30. The van der Waals surface area contributed by atoms with Crippen LogP contribution >= 0.6 is 0 Å². The van der Waals surface area contributed by atoms with Gasteiger partial charge in [0.25, 0.3) is 0 Å². The van der Waals surface area contributed by atoms with Crippen molar-refractivity contribution >= 4 is 11.6 Å². The Morgan fingerprint density at radius 2 is 2.05 bits per heavy atom. The number of nitrogens with one attached hydrogen (secondary N) is 2. The highest BCUT2D eigenvalue weighted by molar-refractivity contribution is 5.92. The van der Waals surface area contributed by atoms with Crippen LogP contribution in [0.3, 0.4) is 0 Å². The van der Waals surface area contributed by atoms with E-state index in [1.807, 2.05) is 0 Å². The van der Waals surface area contributed by atoms with Crippen molar-refractivity contribution in [3.63, 3.8) is 0 Å². The average molecular weight is 286 g/mol. The summed E-state index contributed by atoms with van der Waals surface area (Å²) in [6, 6.07) is 3.40. The lowest BCUT2D eigenvalue weighted by atomic mass is 10.3. The Kier molecular flexibility index (Phi) is 5.40. The fourth-order valence-electron chi connectivity index (χ4n) is 1.80. The normalized spacial score (nSPS) is 18.8. The van der Waals surface area contributed by atoms with Crippen LogP contribution < -0.4 is 10.6 Å². The fourth-order valence-corrected chi connectivity index (χ4v) is 1.80. The fraction of sp³-hybridized carbons (Fsp3) is 0.462. The monoisotopic (exact) mass is 286 g/mol. The summed E-state index contributed by atoms with van der Waals surface area (Å²) < 4.78 is 37.2. The molecule has 1 atom stereocenters. The Morgan fingerprint density at radius 3 is 2.70 bits per heavy atom. The lowest BCUT2D eigenvalue weighted by Crippen LogP contribution is -2.40. The Balaban J connectivity index is 1.75. The molecule has 5 nitrogen and oxygen atoms in total. The zero-order chi connectivity index (χ0) is 14.4. The number of benzene rings is 1. The minimum Gasteiger partial charge on any atom is -0.376 e. The summed E-state index contributed by atoms with van der Waals surface area (Å²) >= 11 is 0. The van der Waals surface area contributed by atoms with Crippen LogP contribution in [0.2, 0.25) is 0 Å². The van der Waals surface area contributed by atoms with E-state index in [0.717, 1.165) is 12.1 Å². The second-order valence-corrected chi connectivity index (χ2v) is 4.34. The molecule has 1 heterocycles. The third-order valence-corrected chi connectivity index (χ3v) is 2.77. The quantitative estimate of drug-likeness (QED) is 0.844. The van der Waals surface area contributed by atoms with Crippen LogP contribution in [-0.2, 0) is 14.3 Å². The van der Waals surface area contributed by atoms with Crippen molar-refractivity contribution in [3.05, 3.63) is 29.8 Å². The molecule has 0 aliphatic carbocycles. The molecule has 1 amide bonds. The predicted octanol–water partition coefficient (Wildman–Crippen LogP) is 0.908. The van der Waals surface area contributed by atoms with Crippen molar-refractivity contribution in [2.45, 2.75) is 6.10 Å². The zero-order valence-corrected chi connectivity index (χ0v) is 10.8. The predicted molar refractivity (Wildman–Crippen MR) is 68.4 cm³/mol. The van der Waals surface area contributed by atoms with Gasteiger partial charge in [0.05, 0.1) is 32.5 Å². The summed E-state index contributed by atoms with van der Waals surface area (Å²) in [5.74, 6) is -2.13. The molecule has 1 unspecified atom stereocenters. The maximum atomic E-state index is 13.3. The number of ether oxygens (including phenoxy) is 2. The van der Waals surface area contributed by atoms with E-state index in [0.29, 0.717) is 26.4 Å². The molecule has 7 heteroatoms. The van der Waals surface area contributed by atoms with Gasteiger partial charge in [-0.1, -0.05) is 6.07 Å². The molecule has 1 saturated heterocycles. The van der Waals surface area contributed by atoms with Gasteiger partial charge in [0.15, 0.2) is 0 Å². The Hall–Kier alpha value is -1.57. The lowest BCUT2D eigenvalue weighted by Gasteiger charge is -2.23. The van der Waals surface area contributed by atoms with E-state index in [1.54, 1.807) is 0 Å². The van der Waals surface area contributed by atoms with Crippen LogP contribution in [0.25, 0.3) is 0 Å². The van der Waals surface area contributed by atoms with Crippen molar-refractivity contribution in [1.29, 1.82) is 0 Å². The van der Waals surface area contributed by atoms with E-state index in [1.165, 1.54) is 6.07 Å². The number of carbonyl (C=O) groups is 1. The summed E-state index contributed by atoms with van der Waals surface area (Å²) in [6.45, 7) is 1.94. The van der Waals surface area contributed by atoms with Crippen molar-refractivity contribution in [2.75, 3.05) is 38.2 Å². The summed E-state index contributed by atoms with van der Waals surface area (Å²) in [7, 11) is 0. The lowest BCUT2D eigenvalue weighted by molar-refractivity contribution is -0.116. The first-order valence-corrected chi connectivity index (χ1v) is 6.30. The number of amides is 1.